The second kappa shape index (κ2) is 7.87. The largest absolute Gasteiger partial charge is 0.398 e. The van der Waals surface area contributed by atoms with Crippen LogP contribution in [0.3, 0.4) is 0 Å². The molecule has 1 aromatic carbocycles. The molecule has 136 valence electrons. The average Bonchev–Trinajstić information content (AvgIpc) is 3.26. The minimum absolute atomic E-state index is 0.182. The van der Waals surface area contributed by atoms with Gasteiger partial charge in [0.1, 0.15) is 0 Å². The molecule has 2 heterocycles. The van der Waals surface area contributed by atoms with Gasteiger partial charge < -0.3 is 20.9 Å². The number of aromatic amines is 1. The number of thiazole rings is 1. The quantitative estimate of drug-likeness (QED) is 0.407. The van der Waals surface area contributed by atoms with Crippen molar-refractivity contribution in [1.82, 2.24) is 15.0 Å². The summed E-state index contributed by atoms with van der Waals surface area (Å²) in [5, 5.41) is 23.9. The first-order chi connectivity index (χ1) is 12.5. The summed E-state index contributed by atoms with van der Waals surface area (Å²) in [5.74, 6) is -0.382. The van der Waals surface area contributed by atoms with Crippen LogP contribution in [0.2, 0.25) is 0 Å². The predicted molar refractivity (Wildman–Crippen MR) is 100 cm³/mol. The van der Waals surface area contributed by atoms with E-state index in [1.165, 1.54) is 23.1 Å². The summed E-state index contributed by atoms with van der Waals surface area (Å²) in [4.78, 5) is 24.6. The smallest absolute Gasteiger partial charge is 0.259 e. The fourth-order valence-corrected chi connectivity index (χ4v) is 3.59. The zero-order chi connectivity index (χ0) is 18.7. The van der Waals surface area contributed by atoms with E-state index in [-0.39, 0.29) is 12.5 Å². The molecule has 3 rings (SSSR count). The second-order valence-electron chi connectivity index (χ2n) is 5.41. The molecule has 0 aliphatic heterocycles. The van der Waals surface area contributed by atoms with Gasteiger partial charge in [-0.25, -0.2) is 9.97 Å². The maximum Gasteiger partial charge on any atom is 0.259 e. The summed E-state index contributed by atoms with van der Waals surface area (Å²) in [6, 6.07) is 5.10. The van der Waals surface area contributed by atoms with Crippen molar-refractivity contribution in [3.63, 3.8) is 0 Å². The number of amides is 1. The van der Waals surface area contributed by atoms with Crippen molar-refractivity contribution in [2.75, 3.05) is 11.1 Å². The number of carbonyl (C=O) groups excluding carboxylic acids is 1. The Bertz CT molecular complexity index is 922. The Morgan fingerprint density at radius 2 is 2.27 bits per heavy atom. The highest BCUT2D eigenvalue weighted by Gasteiger charge is 2.14. The minimum atomic E-state index is -0.657. The van der Waals surface area contributed by atoms with E-state index in [1.54, 1.807) is 36.7 Å². The number of imidazole rings is 1. The van der Waals surface area contributed by atoms with E-state index >= 15 is 0 Å². The standard InChI is InChI=1S/C16H17N5O3S2/c1-8(23)13-5-18-15(20-13)26-10-2-3-12(17)11(4-10)14(24)21-16-19-9(6-22)7-25-16/h2-5,7-8,22-23H,6,17H2,1H3,(H,18,20)(H,19,21,24). The zero-order valence-electron chi connectivity index (χ0n) is 13.8. The highest BCUT2D eigenvalue weighted by Crippen LogP contribution is 2.29. The number of nitrogens with zero attached hydrogens (tertiary/aromatic N) is 2. The maximum absolute atomic E-state index is 12.5. The van der Waals surface area contributed by atoms with Gasteiger partial charge in [0.05, 0.1) is 29.7 Å². The minimum Gasteiger partial charge on any atom is -0.398 e. The van der Waals surface area contributed by atoms with Crippen LogP contribution in [0.5, 0.6) is 0 Å². The van der Waals surface area contributed by atoms with Crippen molar-refractivity contribution in [2.24, 2.45) is 0 Å². The van der Waals surface area contributed by atoms with Crippen molar-refractivity contribution >= 4 is 39.8 Å². The van der Waals surface area contributed by atoms with Crippen LogP contribution in [0.4, 0.5) is 10.8 Å². The third-order valence-corrected chi connectivity index (χ3v) is 5.12. The van der Waals surface area contributed by atoms with Crippen molar-refractivity contribution in [2.45, 2.75) is 29.7 Å². The summed E-state index contributed by atoms with van der Waals surface area (Å²) >= 11 is 2.55. The van der Waals surface area contributed by atoms with Gasteiger partial charge in [-0.2, -0.15) is 0 Å². The summed E-state index contributed by atoms with van der Waals surface area (Å²) in [6.07, 6.45) is 0.981. The van der Waals surface area contributed by atoms with Gasteiger partial charge in [0.15, 0.2) is 10.3 Å². The molecule has 0 saturated heterocycles. The van der Waals surface area contributed by atoms with Gasteiger partial charge in [-0.3, -0.25) is 10.1 Å². The first kappa shape index (κ1) is 18.4. The van der Waals surface area contributed by atoms with E-state index in [9.17, 15) is 9.90 Å². The van der Waals surface area contributed by atoms with Gasteiger partial charge >= 0.3 is 0 Å². The van der Waals surface area contributed by atoms with E-state index in [0.717, 1.165) is 4.90 Å². The number of hydrogen-bond acceptors (Lipinski definition) is 8. The number of nitrogens with two attached hydrogens (primary N) is 1. The van der Waals surface area contributed by atoms with Crippen LogP contribution in [0.25, 0.3) is 0 Å². The number of carbonyl (C=O) groups is 1. The first-order valence-corrected chi connectivity index (χ1v) is 9.33. The Morgan fingerprint density at radius 3 is 2.92 bits per heavy atom. The molecule has 0 aliphatic carbocycles. The lowest BCUT2D eigenvalue weighted by atomic mass is 10.1. The highest BCUT2D eigenvalue weighted by molar-refractivity contribution is 7.99. The Morgan fingerprint density at radius 1 is 1.46 bits per heavy atom. The highest BCUT2D eigenvalue weighted by atomic mass is 32.2. The molecule has 3 aromatic rings. The maximum atomic E-state index is 12.5. The molecule has 2 aromatic heterocycles. The predicted octanol–water partition coefficient (Wildman–Crippen LogP) is 2.40. The molecule has 0 bridgehead atoms. The van der Waals surface area contributed by atoms with Gasteiger partial charge in [0.25, 0.3) is 5.91 Å². The number of nitrogen functional groups attached to an aromatic ring is 1. The molecule has 0 saturated carbocycles. The topological polar surface area (TPSA) is 137 Å². The number of benzene rings is 1. The summed E-state index contributed by atoms with van der Waals surface area (Å²) in [7, 11) is 0. The lowest BCUT2D eigenvalue weighted by Gasteiger charge is -2.07. The van der Waals surface area contributed by atoms with E-state index in [0.29, 0.717) is 32.9 Å². The zero-order valence-corrected chi connectivity index (χ0v) is 15.4. The summed E-state index contributed by atoms with van der Waals surface area (Å²) in [5.41, 5.74) is 7.63. The van der Waals surface area contributed by atoms with E-state index in [1.807, 2.05) is 0 Å². The van der Waals surface area contributed by atoms with E-state index < -0.39 is 6.10 Å². The molecule has 26 heavy (non-hydrogen) atoms. The molecule has 1 amide bonds. The van der Waals surface area contributed by atoms with Crippen LogP contribution >= 0.6 is 23.1 Å². The molecule has 1 unspecified atom stereocenters. The molecule has 0 spiro atoms. The fraction of sp³-hybridized carbons (Fsp3) is 0.188. The molecule has 0 aliphatic rings. The summed E-state index contributed by atoms with van der Waals surface area (Å²) < 4.78 is 0. The number of aromatic nitrogens is 3. The SMILES string of the molecule is CC(O)c1c[nH]c(Sc2ccc(N)c(C(=O)Nc3nc(CO)cs3)c2)n1. The van der Waals surface area contributed by atoms with Crippen LogP contribution in [-0.4, -0.2) is 31.1 Å². The van der Waals surface area contributed by atoms with Crippen LogP contribution in [0.1, 0.15) is 34.8 Å². The Hall–Kier alpha value is -2.40. The summed E-state index contributed by atoms with van der Waals surface area (Å²) in [6.45, 7) is 1.45. The van der Waals surface area contributed by atoms with Crippen molar-refractivity contribution in [3.05, 3.63) is 46.7 Å². The number of aliphatic hydroxyl groups is 2. The molecule has 1 atom stereocenters. The van der Waals surface area contributed by atoms with Gasteiger partial charge in [-0.1, -0.05) is 11.8 Å². The number of nitrogens with one attached hydrogen (secondary N) is 2. The van der Waals surface area contributed by atoms with Gasteiger partial charge in [0.2, 0.25) is 0 Å². The molecule has 0 fully saturated rings. The fourth-order valence-electron chi connectivity index (χ4n) is 2.09. The van der Waals surface area contributed by atoms with Crippen LogP contribution in [0.15, 0.2) is 39.8 Å². The monoisotopic (exact) mass is 391 g/mol. The van der Waals surface area contributed by atoms with Crippen LogP contribution in [-0.2, 0) is 6.61 Å². The molecule has 10 heteroatoms. The van der Waals surface area contributed by atoms with E-state index in [2.05, 4.69) is 20.3 Å². The van der Waals surface area contributed by atoms with Crippen LogP contribution in [0, 0.1) is 0 Å². The number of hydrogen-bond donors (Lipinski definition) is 5. The number of H-pyrrole nitrogens is 1. The number of aliphatic hydroxyl groups excluding tert-OH is 2. The first-order valence-electron chi connectivity index (χ1n) is 7.63. The van der Waals surface area contributed by atoms with Crippen molar-refractivity contribution < 1.29 is 15.0 Å². The number of anilines is 2. The van der Waals surface area contributed by atoms with E-state index in [4.69, 9.17) is 10.8 Å². The Labute approximate surface area is 157 Å². The van der Waals surface area contributed by atoms with Gasteiger partial charge in [-0.15, -0.1) is 11.3 Å². The van der Waals surface area contributed by atoms with Gasteiger partial charge in [-0.05, 0) is 25.1 Å². The lowest BCUT2D eigenvalue weighted by molar-refractivity contribution is 0.102. The number of rotatable bonds is 6. The third kappa shape index (κ3) is 4.22. The normalized spacial score (nSPS) is 12.1. The molecular weight excluding hydrogens is 374 g/mol. The van der Waals surface area contributed by atoms with Gasteiger partial charge in [0, 0.05) is 22.2 Å². The van der Waals surface area contributed by atoms with Crippen LogP contribution < -0.4 is 11.1 Å². The molecule has 0 radical (unpaired) electrons. The molecule has 6 N–H and O–H groups in total. The average molecular weight is 391 g/mol. The molecular formula is C16H17N5O3S2. The Kier molecular flexibility index (Phi) is 5.57. The molecule has 8 nitrogen and oxygen atoms in total. The van der Waals surface area contributed by atoms with Crippen molar-refractivity contribution in [1.29, 1.82) is 0 Å². The lowest BCUT2D eigenvalue weighted by Crippen LogP contribution is -2.14. The third-order valence-electron chi connectivity index (χ3n) is 3.42. The Balaban J connectivity index is 1.76. The van der Waals surface area contributed by atoms with Crippen molar-refractivity contribution in [3.8, 4) is 0 Å². The second-order valence-corrected chi connectivity index (χ2v) is 7.33.